The summed E-state index contributed by atoms with van der Waals surface area (Å²) in [4.78, 5) is 17.7. The van der Waals surface area contributed by atoms with E-state index in [4.69, 9.17) is 0 Å². The second kappa shape index (κ2) is 7.64. The number of pyridine rings is 1. The van der Waals surface area contributed by atoms with E-state index in [-0.39, 0.29) is 5.91 Å². The third-order valence-corrected chi connectivity index (χ3v) is 5.29. The fourth-order valence-electron chi connectivity index (χ4n) is 2.88. The van der Waals surface area contributed by atoms with Gasteiger partial charge in [-0.2, -0.15) is 0 Å². The fraction of sp³-hybridized carbons (Fsp3) is 0.368. The average Bonchev–Trinajstić information content (AvgIpc) is 2.58. The van der Waals surface area contributed by atoms with E-state index in [9.17, 15) is 4.79 Å². The van der Waals surface area contributed by atoms with E-state index in [0.717, 1.165) is 34.2 Å². The fourth-order valence-corrected chi connectivity index (χ4v) is 3.65. The molecule has 1 fully saturated rings. The number of rotatable bonds is 4. The van der Waals surface area contributed by atoms with Crippen molar-refractivity contribution in [3.63, 3.8) is 0 Å². The van der Waals surface area contributed by atoms with Crippen molar-refractivity contribution in [2.75, 3.05) is 0 Å². The van der Waals surface area contributed by atoms with Crippen molar-refractivity contribution < 1.29 is 4.79 Å². The zero-order valence-electron chi connectivity index (χ0n) is 13.4. The number of amides is 1. The molecule has 1 aliphatic carbocycles. The van der Waals surface area contributed by atoms with Gasteiger partial charge in [-0.15, -0.1) is 0 Å². The molecule has 0 spiro atoms. The van der Waals surface area contributed by atoms with Crippen LogP contribution < -0.4 is 5.32 Å². The highest BCUT2D eigenvalue weighted by Crippen LogP contribution is 2.26. The summed E-state index contributed by atoms with van der Waals surface area (Å²) in [7, 11) is 0. The summed E-state index contributed by atoms with van der Waals surface area (Å²) in [6, 6.07) is 14.0. The Balaban J connectivity index is 1.57. The molecular formula is C19H22N2OS. The quantitative estimate of drug-likeness (QED) is 0.897. The number of carbonyl (C=O) groups excluding carboxylic acids is 1. The Morgan fingerprint density at radius 3 is 2.48 bits per heavy atom. The molecule has 0 aliphatic heterocycles. The van der Waals surface area contributed by atoms with Crippen molar-refractivity contribution in [2.24, 2.45) is 5.92 Å². The van der Waals surface area contributed by atoms with E-state index in [2.05, 4.69) is 17.2 Å². The van der Waals surface area contributed by atoms with Crippen LogP contribution in [0.5, 0.6) is 0 Å². The molecule has 23 heavy (non-hydrogen) atoms. The number of hydrogen-bond donors (Lipinski definition) is 1. The Labute approximate surface area is 141 Å². The summed E-state index contributed by atoms with van der Waals surface area (Å²) in [5.41, 5.74) is 0.731. The van der Waals surface area contributed by atoms with Gasteiger partial charge in [0, 0.05) is 22.7 Å². The van der Waals surface area contributed by atoms with Crippen LogP contribution in [0, 0.1) is 5.92 Å². The van der Waals surface area contributed by atoms with E-state index in [1.165, 1.54) is 12.8 Å². The minimum absolute atomic E-state index is 0.0407. The largest absolute Gasteiger partial charge is 0.349 e. The Hall–Kier alpha value is -1.81. The van der Waals surface area contributed by atoms with Crippen LogP contribution in [-0.2, 0) is 0 Å². The summed E-state index contributed by atoms with van der Waals surface area (Å²) in [6.07, 6.45) is 6.41. The van der Waals surface area contributed by atoms with Crippen molar-refractivity contribution in [1.29, 1.82) is 0 Å². The first-order valence-electron chi connectivity index (χ1n) is 8.20. The van der Waals surface area contributed by atoms with E-state index in [0.29, 0.717) is 6.04 Å². The monoisotopic (exact) mass is 326 g/mol. The molecule has 0 saturated heterocycles. The molecule has 1 amide bonds. The normalized spacial score (nSPS) is 20.9. The number of benzene rings is 1. The zero-order chi connectivity index (χ0) is 16.1. The molecule has 1 aromatic heterocycles. The lowest BCUT2D eigenvalue weighted by atomic mass is 9.87. The van der Waals surface area contributed by atoms with Crippen LogP contribution in [0.4, 0.5) is 0 Å². The molecular weight excluding hydrogens is 304 g/mol. The van der Waals surface area contributed by atoms with Gasteiger partial charge in [-0.25, -0.2) is 4.98 Å². The Morgan fingerprint density at radius 1 is 1.09 bits per heavy atom. The second-order valence-electron chi connectivity index (χ2n) is 6.22. The minimum atomic E-state index is 0.0407. The molecule has 1 heterocycles. The van der Waals surface area contributed by atoms with Gasteiger partial charge >= 0.3 is 0 Å². The summed E-state index contributed by atoms with van der Waals surface area (Å²) in [5.74, 6) is 0.838. The van der Waals surface area contributed by atoms with Gasteiger partial charge in [0.05, 0.1) is 0 Å². The van der Waals surface area contributed by atoms with Gasteiger partial charge < -0.3 is 5.32 Å². The van der Waals surface area contributed by atoms with Crippen molar-refractivity contribution in [2.45, 2.75) is 48.6 Å². The first kappa shape index (κ1) is 16.1. The standard InChI is InChI=1S/C19H22N2OS/c1-14-5-9-16(10-6-14)21-19(22)15-7-11-17(12-8-15)23-18-4-2-3-13-20-18/h2-4,7-8,11-14,16H,5-6,9-10H2,1H3,(H,21,22). The molecule has 0 radical (unpaired) electrons. The van der Waals surface area contributed by atoms with E-state index in [1.54, 1.807) is 18.0 Å². The SMILES string of the molecule is CC1CCC(NC(=O)c2ccc(Sc3ccccn3)cc2)CC1. The Kier molecular flexibility index (Phi) is 5.34. The van der Waals surface area contributed by atoms with Crippen molar-refractivity contribution in [1.82, 2.24) is 10.3 Å². The maximum absolute atomic E-state index is 12.3. The molecule has 1 aliphatic rings. The van der Waals surface area contributed by atoms with Crippen molar-refractivity contribution >= 4 is 17.7 Å². The van der Waals surface area contributed by atoms with Crippen LogP contribution >= 0.6 is 11.8 Å². The lowest BCUT2D eigenvalue weighted by Gasteiger charge is -2.26. The number of aromatic nitrogens is 1. The zero-order valence-corrected chi connectivity index (χ0v) is 14.2. The second-order valence-corrected chi connectivity index (χ2v) is 7.32. The minimum Gasteiger partial charge on any atom is -0.349 e. The van der Waals surface area contributed by atoms with Crippen LogP contribution in [-0.4, -0.2) is 16.9 Å². The molecule has 0 unspecified atom stereocenters. The van der Waals surface area contributed by atoms with E-state index in [1.807, 2.05) is 42.5 Å². The third kappa shape index (κ3) is 4.58. The molecule has 1 N–H and O–H groups in total. The Morgan fingerprint density at radius 2 is 1.83 bits per heavy atom. The van der Waals surface area contributed by atoms with Gasteiger partial charge in [0.25, 0.3) is 5.91 Å². The molecule has 3 rings (SSSR count). The topological polar surface area (TPSA) is 42.0 Å². The highest BCUT2D eigenvalue weighted by Gasteiger charge is 2.20. The highest BCUT2D eigenvalue weighted by atomic mass is 32.2. The lowest BCUT2D eigenvalue weighted by molar-refractivity contribution is 0.0923. The van der Waals surface area contributed by atoms with Crippen LogP contribution in [0.25, 0.3) is 0 Å². The molecule has 120 valence electrons. The summed E-state index contributed by atoms with van der Waals surface area (Å²) in [5, 5.41) is 4.13. The average molecular weight is 326 g/mol. The van der Waals surface area contributed by atoms with E-state index < -0.39 is 0 Å². The lowest BCUT2D eigenvalue weighted by Crippen LogP contribution is -2.37. The summed E-state index contributed by atoms with van der Waals surface area (Å²) >= 11 is 1.60. The molecule has 4 heteroatoms. The summed E-state index contributed by atoms with van der Waals surface area (Å²) in [6.45, 7) is 2.29. The van der Waals surface area contributed by atoms with Gasteiger partial charge in [0.1, 0.15) is 5.03 Å². The molecule has 1 saturated carbocycles. The van der Waals surface area contributed by atoms with Gasteiger partial charge in [0.15, 0.2) is 0 Å². The Bertz CT molecular complexity index is 634. The maximum atomic E-state index is 12.3. The predicted octanol–water partition coefficient (Wildman–Crippen LogP) is 4.54. The van der Waals surface area contributed by atoms with Crippen LogP contribution in [0.3, 0.4) is 0 Å². The maximum Gasteiger partial charge on any atom is 0.251 e. The number of nitrogens with zero attached hydrogens (tertiary/aromatic N) is 1. The van der Waals surface area contributed by atoms with Crippen molar-refractivity contribution in [3.8, 4) is 0 Å². The van der Waals surface area contributed by atoms with Gasteiger partial charge in [-0.05, 0) is 68.0 Å². The number of nitrogens with one attached hydrogen (secondary N) is 1. The van der Waals surface area contributed by atoms with E-state index >= 15 is 0 Å². The number of carbonyl (C=O) groups is 1. The van der Waals surface area contributed by atoms with Crippen LogP contribution in [0.2, 0.25) is 0 Å². The van der Waals surface area contributed by atoms with Gasteiger partial charge in [-0.1, -0.05) is 24.8 Å². The highest BCUT2D eigenvalue weighted by molar-refractivity contribution is 7.99. The first-order chi connectivity index (χ1) is 11.2. The molecule has 0 bridgehead atoms. The molecule has 1 aromatic carbocycles. The molecule has 3 nitrogen and oxygen atoms in total. The molecule has 2 aromatic rings. The third-order valence-electron chi connectivity index (χ3n) is 4.33. The van der Waals surface area contributed by atoms with Crippen LogP contribution in [0.1, 0.15) is 43.0 Å². The first-order valence-corrected chi connectivity index (χ1v) is 9.02. The van der Waals surface area contributed by atoms with Crippen LogP contribution in [0.15, 0.2) is 58.6 Å². The van der Waals surface area contributed by atoms with Gasteiger partial charge in [0.2, 0.25) is 0 Å². The smallest absolute Gasteiger partial charge is 0.251 e. The number of hydrogen-bond acceptors (Lipinski definition) is 3. The summed E-state index contributed by atoms with van der Waals surface area (Å²) < 4.78 is 0. The molecule has 0 atom stereocenters. The van der Waals surface area contributed by atoms with Crippen molar-refractivity contribution in [3.05, 3.63) is 54.2 Å². The van der Waals surface area contributed by atoms with Gasteiger partial charge in [-0.3, -0.25) is 4.79 Å². The predicted molar refractivity (Wildman–Crippen MR) is 93.7 cm³/mol.